The molecule has 1 aliphatic heterocycles. The number of amides is 1. The van der Waals surface area contributed by atoms with E-state index in [1.54, 1.807) is 0 Å². The van der Waals surface area contributed by atoms with Gasteiger partial charge in [-0.2, -0.15) is 0 Å². The molecule has 0 radical (unpaired) electrons. The molecule has 4 nitrogen and oxygen atoms in total. The summed E-state index contributed by atoms with van der Waals surface area (Å²) in [6.07, 6.45) is 2.00. The van der Waals surface area contributed by atoms with Crippen LogP contribution in [0.3, 0.4) is 0 Å². The molecule has 0 saturated carbocycles. The summed E-state index contributed by atoms with van der Waals surface area (Å²) in [4.78, 5) is 11.2. The van der Waals surface area contributed by atoms with Crippen molar-refractivity contribution in [1.82, 2.24) is 10.6 Å². The fourth-order valence-corrected chi connectivity index (χ4v) is 1.31. The zero-order valence-electron chi connectivity index (χ0n) is 8.14. The zero-order valence-corrected chi connectivity index (χ0v) is 8.14. The summed E-state index contributed by atoms with van der Waals surface area (Å²) in [5.74, 6) is 0.0731. The van der Waals surface area contributed by atoms with Crippen molar-refractivity contribution in [2.45, 2.75) is 25.8 Å². The summed E-state index contributed by atoms with van der Waals surface area (Å²) >= 11 is 0. The SMILES string of the molecule is CCCNCC(=O)NC1CCOC1. The third-order valence-electron chi connectivity index (χ3n) is 2.01. The van der Waals surface area contributed by atoms with Gasteiger partial charge in [0.2, 0.25) is 5.91 Å². The monoisotopic (exact) mass is 186 g/mol. The molecule has 1 amide bonds. The van der Waals surface area contributed by atoms with Crippen LogP contribution in [0, 0.1) is 0 Å². The molecule has 0 aromatic heterocycles. The molecule has 1 heterocycles. The first-order valence-electron chi connectivity index (χ1n) is 4.90. The van der Waals surface area contributed by atoms with Crippen LogP contribution in [0.15, 0.2) is 0 Å². The van der Waals surface area contributed by atoms with E-state index in [0.717, 1.165) is 26.0 Å². The van der Waals surface area contributed by atoms with E-state index in [2.05, 4.69) is 17.6 Å². The predicted molar refractivity (Wildman–Crippen MR) is 50.5 cm³/mol. The van der Waals surface area contributed by atoms with Crippen LogP contribution in [-0.2, 0) is 9.53 Å². The van der Waals surface area contributed by atoms with E-state index in [-0.39, 0.29) is 11.9 Å². The van der Waals surface area contributed by atoms with Crippen LogP contribution in [0.5, 0.6) is 0 Å². The Bertz CT molecular complexity index is 156. The lowest BCUT2D eigenvalue weighted by Gasteiger charge is -2.10. The number of carbonyl (C=O) groups is 1. The number of hydrogen-bond acceptors (Lipinski definition) is 3. The Kier molecular flexibility index (Phi) is 4.78. The van der Waals surface area contributed by atoms with E-state index in [0.29, 0.717) is 13.2 Å². The van der Waals surface area contributed by atoms with Gasteiger partial charge in [-0.05, 0) is 19.4 Å². The Labute approximate surface area is 79.0 Å². The highest BCUT2D eigenvalue weighted by atomic mass is 16.5. The van der Waals surface area contributed by atoms with Crippen LogP contribution < -0.4 is 10.6 Å². The van der Waals surface area contributed by atoms with Crippen molar-refractivity contribution in [3.8, 4) is 0 Å². The minimum Gasteiger partial charge on any atom is -0.379 e. The van der Waals surface area contributed by atoms with Crippen molar-refractivity contribution in [2.75, 3.05) is 26.3 Å². The second-order valence-electron chi connectivity index (χ2n) is 3.30. The molecule has 2 N–H and O–H groups in total. The first-order chi connectivity index (χ1) is 6.33. The molecule has 1 rings (SSSR count). The van der Waals surface area contributed by atoms with Gasteiger partial charge in [-0.15, -0.1) is 0 Å². The van der Waals surface area contributed by atoms with Gasteiger partial charge in [0.15, 0.2) is 0 Å². The normalized spacial score (nSPS) is 21.8. The maximum atomic E-state index is 11.2. The molecule has 13 heavy (non-hydrogen) atoms. The van der Waals surface area contributed by atoms with Gasteiger partial charge in [-0.1, -0.05) is 6.92 Å². The van der Waals surface area contributed by atoms with Gasteiger partial charge < -0.3 is 15.4 Å². The lowest BCUT2D eigenvalue weighted by molar-refractivity contribution is -0.120. The average molecular weight is 186 g/mol. The van der Waals surface area contributed by atoms with Gasteiger partial charge in [-0.25, -0.2) is 0 Å². The molecular formula is C9H18N2O2. The number of hydrogen-bond donors (Lipinski definition) is 2. The molecule has 0 aliphatic carbocycles. The van der Waals surface area contributed by atoms with Crippen molar-refractivity contribution >= 4 is 5.91 Å². The summed E-state index contributed by atoms with van der Waals surface area (Å²) in [5, 5.41) is 5.97. The molecule has 1 unspecified atom stereocenters. The minimum absolute atomic E-state index is 0.0731. The zero-order chi connectivity index (χ0) is 9.52. The summed E-state index contributed by atoms with van der Waals surface area (Å²) < 4.78 is 5.15. The first kappa shape index (κ1) is 10.5. The molecule has 4 heteroatoms. The van der Waals surface area contributed by atoms with Gasteiger partial charge in [0, 0.05) is 6.61 Å². The Morgan fingerprint density at radius 2 is 2.46 bits per heavy atom. The molecule has 0 aromatic carbocycles. The van der Waals surface area contributed by atoms with E-state index in [9.17, 15) is 4.79 Å². The lowest BCUT2D eigenvalue weighted by Crippen LogP contribution is -2.40. The standard InChI is InChI=1S/C9H18N2O2/c1-2-4-10-6-9(12)11-8-3-5-13-7-8/h8,10H,2-7H2,1H3,(H,11,12). The van der Waals surface area contributed by atoms with Crippen LogP contribution in [-0.4, -0.2) is 38.3 Å². The Balaban J connectivity index is 2.02. The van der Waals surface area contributed by atoms with E-state index in [4.69, 9.17) is 4.74 Å². The number of ether oxygens (including phenoxy) is 1. The van der Waals surface area contributed by atoms with Crippen molar-refractivity contribution in [3.05, 3.63) is 0 Å². The van der Waals surface area contributed by atoms with Crippen LogP contribution in [0.25, 0.3) is 0 Å². The summed E-state index contributed by atoms with van der Waals surface area (Å²) in [7, 11) is 0. The minimum atomic E-state index is 0.0731. The highest BCUT2D eigenvalue weighted by Crippen LogP contribution is 2.02. The quantitative estimate of drug-likeness (QED) is 0.589. The number of nitrogens with one attached hydrogen (secondary N) is 2. The van der Waals surface area contributed by atoms with Crippen LogP contribution in [0.4, 0.5) is 0 Å². The van der Waals surface area contributed by atoms with E-state index >= 15 is 0 Å². The molecule has 1 aliphatic rings. The maximum Gasteiger partial charge on any atom is 0.234 e. The Hall–Kier alpha value is -0.610. The second-order valence-corrected chi connectivity index (χ2v) is 3.30. The topological polar surface area (TPSA) is 50.4 Å². The molecular weight excluding hydrogens is 168 g/mol. The fraction of sp³-hybridized carbons (Fsp3) is 0.889. The average Bonchev–Trinajstić information content (AvgIpc) is 2.57. The molecule has 0 spiro atoms. The van der Waals surface area contributed by atoms with Crippen LogP contribution in [0.1, 0.15) is 19.8 Å². The highest BCUT2D eigenvalue weighted by Gasteiger charge is 2.16. The van der Waals surface area contributed by atoms with Gasteiger partial charge in [0.1, 0.15) is 0 Å². The van der Waals surface area contributed by atoms with Crippen molar-refractivity contribution in [3.63, 3.8) is 0 Å². The van der Waals surface area contributed by atoms with Crippen molar-refractivity contribution in [2.24, 2.45) is 0 Å². The summed E-state index contributed by atoms with van der Waals surface area (Å²) in [6, 6.07) is 0.232. The van der Waals surface area contributed by atoms with Gasteiger partial charge >= 0.3 is 0 Å². The van der Waals surface area contributed by atoms with E-state index in [1.807, 2.05) is 0 Å². The molecule has 0 bridgehead atoms. The third kappa shape index (κ3) is 4.24. The van der Waals surface area contributed by atoms with E-state index in [1.165, 1.54) is 0 Å². The van der Waals surface area contributed by atoms with Gasteiger partial charge in [0.05, 0.1) is 19.2 Å². The molecule has 0 aromatic rings. The molecule has 1 fully saturated rings. The fourth-order valence-electron chi connectivity index (χ4n) is 1.31. The molecule has 1 saturated heterocycles. The predicted octanol–water partition coefficient (Wildman–Crippen LogP) is -0.109. The summed E-state index contributed by atoms with van der Waals surface area (Å²) in [5.41, 5.74) is 0. The summed E-state index contributed by atoms with van der Waals surface area (Å²) in [6.45, 7) is 4.83. The lowest BCUT2D eigenvalue weighted by atomic mass is 10.2. The van der Waals surface area contributed by atoms with Gasteiger partial charge in [0.25, 0.3) is 0 Å². The van der Waals surface area contributed by atoms with Crippen LogP contribution in [0.2, 0.25) is 0 Å². The third-order valence-corrected chi connectivity index (χ3v) is 2.01. The molecule has 76 valence electrons. The first-order valence-corrected chi connectivity index (χ1v) is 4.90. The van der Waals surface area contributed by atoms with Crippen molar-refractivity contribution < 1.29 is 9.53 Å². The second kappa shape index (κ2) is 5.94. The smallest absolute Gasteiger partial charge is 0.234 e. The Morgan fingerprint density at radius 3 is 3.08 bits per heavy atom. The number of rotatable bonds is 5. The number of carbonyl (C=O) groups excluding carboxylic acids is 1. The van der Waals surface area contributed by atoms with E-state index < -0.39 is 0 Å². The molecule has 1 atom stereocenters. The highest BCUT2D eigenvalue weighted by molar-refractivity contribution is 5.78. The largest absolute Gasteiger partial charge is 0.379 e. The van der Waals surface area contributed by atoms with Crippen LogP contribution >= 0.6 is 0 Å². The van der Waals surface area contributed by atoms with Crippen molar-refractivity contribution in [1.29, 1.82) is 0 Å². The Morgan fingerprint density at radius 1 is 1.62 bits per heavy atom. The van der Waals surface area contributed by atoms with Gasteiger partial charge in [-0.3, -0.25) is 4.79 Å². The maximum absolute atomic E-state index is 11.2.